The van der Waals surface area contributed by atoms with E-state index in [1.54, 1.807) is 23.5 Å². The van der Waals surface area contributed by atoms with Crippen molar-refractivity contribution in [2.45, 2.75) is 54.9 Å². The Balaban J connectivity index is 3.19. The number of hydrogen-bond donors (Lipinski definition) is 2. The Hall–Kier alpha value is -0.480. The topological polar surface area (TPSA) is 52.0 Å². The van der Waals surface area contributed by atoms with Crippen LogP contribution in [0.25, 0.3) is 0 Å². The summed E-state index contributed by atoms with van der Waals surface area (Å²) in [4.78, 5) is 2.30. The van der Waals surface area contributed by atoms with Gasteiger partial charge in [-0.05, 0) is 18.6 Å². The van der Waals surface area contributed by atoms with Crippen molar-refractivity contribution in [1.82, 2.24) is 0 Å². The smallest absolute Gasteiger partial charge is 0.0503 e. The lowest BCUT2D eigenvalue weighted by atomic mass is 10.1. The van der Waals surface area contributed by atoms with Crippen LogP contribution in [0.4, 0.5) is 11.4 Å². The number of benzene rings is 1. The molecule has 0 heterocycles. The zero-order valence-electron chi connectivity index (χ0n) is 11.2. The fourth-order valence-corrected chi connectivity index (χ4v) is 3.51. The highest BCUT2D eigenvalue weighted by atomic mass is 32.2. The molecule has 1 aromatic rings. The summed E-state index contributed by atoms with van der Waals surface area (Å²) in [6.45, 7) is 10.7. The van der Waals surface area contributed by atoms with Crippen molar-refractivity contribution in [1.29, 1.82) is 0 Å². The largest absolute Gasteiger partial charge is 0.398 e. The van der Waals surface area contributed by atoms with Crippen LogP contribution < -0.4 is 11.5 Å². The van der Waals surface area contributed by atoms with Crippen LogP contribution >= 0.6 is 23.5 Å². The number of rotatable bonds is 4. The van der Waals surface area contributed by atoms with Crippen LogP contribution in [0, 0.1) is 6.92 Å². The SMILES string of the molecule is Cc1c(N)c(SC(C)C)cc(SC(C)C)c1N. The zero-order valence-corrected chi connectivity index (χ0v) is 12.8. The van der Waals surface area contributed by atoms with Gasteiger partial charge in [-0.15, -0.1) is 23.5 Å². The second kappa shape index (κ2) is 5.91. The van der Waals surface area contributed by atoms with Gasteiger partial charge in [0.2, 0.25) is 0 Å². The molecule has 2 nitrogen and oxygen atoms in total. The van der Waals surface area contributed by atoms with Crippen LogP contribution in [-0.2, 0) is 0 Å². The molecule has 0 unspecified atom stereocenters. The third-order valence-corrected chi connectivity index (χ3v) is 4.45. The first kappa shape index (κ1) is 14.6. The summed E-state index contributed by atoms with van der Waals surface area (Å²) >= 11 is 3.59. The van der Waals surface area contributed by atoms with Crippen LogP contribution in [0.5, 0.6) is 0 Å². The minimum atomic E-state index is 0.525. The van der Waals surface area contributed by atoms with E-state index in [1.807, 2.05) is 6.92 Å². The van der Waals surface area contributed by atoms with Crippen LogP contribution in [0.15, 0.2) is 15.9 Å². The number of nitrogen functional groups attached to an aromatic ring is 2. The molecule has 0 atom stereocenters. The number of nitrogens with two attached hydrogens (primary N) is 2. The fraction of sp³-hybridized carbons (Fsp3) is 0.538. The van der Waals surface area contributed by atoms with Gasteiger partial charge in [0.15, 0.2) is 0 Å². The molecule has 0 aliphatic rings. The Morgan fingerprint density at radius 2 is 1.24 bits per heavy atom. The molecule has 0 fully saturated rings. The second-order valence-corrected chi connectivity index (χ2v) is 7.90. The lowest BCUT2D eigenvalue weighted by molar-refractivity contribution is 1.10. The summed E-state index contributed by atoms with van der Waals surface area (Å²) in [5, 5.41) is 1.05. The maximum absolute atomic E-state index is 6.12. The van der Waals surface area contributed by atoms with E-state index >= 15 is 0 Å². The van der Waals surface area contributed by atoms with Crippen LogP contribution in [0.2, 0.25) is 0 Å². The van der Waals surface area contributed by atoms with Crippen molar-refractivity contribution >= 4 is 34.9 Å². The van der Waals surface area contributed by atoms with Crippen molar-refractivity contribution in [2.24, 2.45) is 0 Å². The molecule has 1 rings (SSSR count). The van der Waals surface area contributed by atoms with E-state index in [0.717, 1.165) is 26.7 Å². The summed E-state index contributed by atoms with van der Waals surface area (Å²) in [5.41, 5.74) is 14.9. The third kappa shape index (κ3) is 3.75. The number of thioether (sulfide) groups is 2. The molecule has 4 N–H and O–H groups in total. The van der Waals surface area contributed by atoms with Crippen molar-refractivity contribution in [3.63, 3.8) is 0 Å². The number of hydrogen-bond acceptors (Lipinski definition) is 4. The molecule has 4 heteroatoms. The highest BCUT2D eigenvalue weighted by molar-refractivity contribution is 8.00. The standard InChI is InChI=1S/C13H22N2S2/c1-7(2)16-10-6-11(17-8(3)4)13(15)9(5)12(10)14/h6-8H,14-15H2,1-5H3. The van der Waals surface area contributed by atoms with E-state index in [-0.39, 0.29) is 0 Å². The molecule has 0 aromatic heterocycles. The van der Waals surface area contributed by atoms with E-state index < -0.39 is 0 Å². The van der Waals surface area contributed by atoms with Gasteiger partial charge in [-0.3, -0.25) is 0 Å². The first-order valence-corrected chi connectivity index (χ1v) is 7.60. The van der Waals surface area contributed by atoms with Gasteiger partial charge in [0.1, 0.15) is 0 Å². The Labute approximate surface area is 113 Å². The summed E-state index contributed by atoms with van der Waals surface area (Å²) in [6, 6.07) is 2.13. The molecule has 0 aliphatic heterocycles. The van der Waals surface area contributed by atoms with Gasteiger partial charge in [0.25, 0.3) is 0 Å². The average molecular weight is 270 g/mol. The monoisotopic (exact) mass is 270 g/mol. The van der Waals surface area contributed by atoms with E-state index in [2.05, 4.69) is 33.8 Å². The van der Waals surface area contributed by atoms with Crippen LogP contribution in [-0.4, -0.2) is 10.5 Å². The highest BCUT2D eigenvalue weighted by Crippen LogP contribution is 2.40. The molecular weight excluding hydrogens is 248 g/mol. The molecule has 0 radical (unpaired) electrons. The Bertz CT molecular complexity index is 367. The van der Waals surface area contributed by atoms with Gasteiger partial charge in [-0.2, -0.15) is 0 Å². The van der Waals surface area contributed by atoms with E-state index in [9.17, 15) is 0 Å². The van der Waals surface area contributed by atoms with E-state index in [1.165, 1.54) is 0 Å². The maximum Gasteiger partial charge on any atom is 0.0503 e. The summed E-state index contributed by atoms with van der Waals surface area (Å²) in [5.74, 6) is 0. The van der Waals surface area contributed by atoms with E-state index in [4.69, 9.17) is 11.5 Å². The Morgan fingerprint density at radius 3 is 1.53 bits per heavy atom. The molecule has 0 saturated heterocycles. The van der Waals surface area contributed by atoms with Crippen LogP contribution in [0.3, 0.4) is 0 Å². The summed E-state index contributed by atoms with van der Waals surface area (Å²) < 4.78 is 0. The van der Waals surface area contributed by atoms with Gasteiger partial charge >= 0.3 is 0 Å². The average Bonchev–Trinajstić information content (AvgIpc) is 2.20. The normalized spacial score (nSPS) is 11.5. The molecule has 0 bridgehead atoms. The Kier molecular flexibility index (Phi) is 5.07. The van der Waals surface area contributed by atoms with Gasteiger partial charge in [0.05, 0.1) is 11.4 Å². The lowest BCUT2D eigenvalue weighted by Gasteiger charge is -2.17. The van der Waals surface area contributed by atoms with Crippen molar-refractivity contribution in [3.8, 4) is 0 Å². The predicted octanol–water partition coefficient (Wildman–Crippen LogP) is 4.16. The zero-order chi connectivity index (χ0) is 13.2. The van der Waals surface area contributed by atoms with Gasteiger partial charge in [0, 0.05) is 20.3 Å². The van der Waals surface area contributed by atoms with E-state index in [0.29, 0.717) is 10.5 Å². The molecular formula is C13H22N2S2. The first-order chi connectivity index (χ1) is 7.82. The highest BCUT2D eigenvalue weighted by Gasteiger charge is 2.13. The third-order valence-electron chi connectivity index (χ3n) is 2.33. The minimum Gasteiger partial charge on any atom is -0.398 e. The van der Waals surface area contributed by atoms with Gasteiger partial charge in [-0.25, -0.2) is 0 Å². The number of anilines is 2. The quantitative estimate of drug-likeness (QED) is 0.637. The minimum absolute atomic E-state index is 0.525. The van der Waals surface area contributed by atoms with Gasteiger partial charge < -0.3 is 11.5 Å². The second-order valence-electron chi connectivity index (χ2n) is 4.66. The molecule has 17 heavy (non-hydrogen) atoms. The van der Waals surface area contributed by atoms with Crippen molar-refractivity contribution in [2.75, 3.05) is 11.5 Å². The molecule has 96 valence electrons. The molecule has 0 spiro atoms. The summed E-state index contributed by atoms with van der Waals surface area (Å²) in [6.07, 6.45) is 0. The van der Waals surface area contributed by atoms with Crippen LogP contribution in [0.1, 0.15) is 33.3 Å². The molecule has 0 aliphatic carbocycles. The lowest BCUT2D eigenvalue weighted by Crippen LogP contribution is -2.02. The summed E-state index contributed by atoms with van der Waals surface area (Å²) in [7, 11) is 0. The predicted molar refractivity (Wildman–Crippen MR) is 82.0 cm³/mol. The Morgan fingerprint density at radius 1 is 0.882 bits per heavy atom. The maximum atomic E-state index is 6.12. The van der Waals surface area contributed by atoms with Crippen molar-refractivity contribution < 1.29 is 0 Å². The van der Waals surface area contributed by atoms with Gasteiger partial charge in [-0.1, -0.05) is 27.7 Å². The first-order valence-electron chi connectivity index (χ1n) is 5.84. The fourth-order valence-electron chi connectivity index (χ4n) is 1.49. The van der Waals surface area contributed by atoms with Crippen molar-refractivity contribution in [3.05, 3.63) is 11.6 Å². The molecule has 0 saturated carbocycles. The molecule has 1 aromatic carbocycles. The molecule has 0 amide bonds.